The lowest BCUT2D eigenvalue weighted by molar-refractivity contribution is 0.0793. The number of aromatic hydroxyl groups is 1. The zero-order valence-corrected chi connectivity index (χ0v) is 10.6. The molecule has 0 saturated heterocycles. The molecule has 17 heavy (non-hydrogen) atoms. The number of phenols is 1. The molecule has 0 bridgehead atoms. The van der Waals surface area contributed by atoms with Gasteiger partial charge in [-0.25, -0.2) is 0 Å². The number of halogens is 1. The van der Waals surface area contributed by atoms with Crippen LogP contribution in [0.1, 0.15) is 23.2 Å². The average Bonchev–Trinajstić information content (AvgIpc) is 2.31. The maximum Gasteiger partial charge on any atom is 0.255 e. The Balaban J connectivity index is 2.74. The summed E-state index contributed by atoms with van der Waals surface area (Å²) in [6.45, 7) is 4.26. The molecule has 1 amide bonds. The number of hydrogen-bond acceptors (Lipinski definition) is 2. The second-order valence-corrected chi connectivity index (χ2v) is 4.23. The first-order valence-electron chi connectivity index (χ1n) is 5.41. The molecule has 92 valence electrons. The molecule has 1 N–H and O–H groups in total. The first-order chi connectivity index (χ1) is 8.06. The van der Waals surface area contributed by atoms with Gasteiger partial charge in [0, 0.05) is 13.6 Å². The van der Waals surface area contributed by atoms with E-state index in [1.54, 1.807) is 11.9 Å². The molecule has 1 aromatic rings. The van der Waals surface area contributed by atoms with Crippen LogP contribution >= 0.6 is 11.6 Å². The van der Waals surface area contributed by atoms with Gasteiger partial charge in [-0.15, -0.1) is 6.58 Å². The van der Waals surface area contributed by atoms with Crippen molar-refractivity contribution in [2.45, 2.75) is 12.8 Å². The second-order valence-electron chi connectivity index (χ2n) is 3.82. The molecule has 0 fully saturated rings. The van der Waals surface area contributed by atoms with E-state index in [1.807, 2.05) is 6.08 Å². The molecule has 0 spiro atoms. The molecular weight excluding hydrogens is 238 g/mol. The largest absolute Gasteiger partial charge is 0.508 e. The van der Waals surface area contributed by atoms with E-state index in [-0.39, 0.29) is 11.7 Å². The highest BCUT2D eigenvalue weighted by Crippen LogP contribution is 2.22. The third-order valence-electron chi connectivity index (χ3n) is 2.43. The predicted octanol–water partition coefficient (Wildman–Crippen LogP) is 3.08. The number of carbonyl (C=O) groups is 1. The molecule has 0 aromatic heterocycles. The van der Waals surface area contributed by atoms with Crippen molar-refractivity contribution in [3.05, 3.63) is 41.4 Å². The third-order valence-corrected chi connectivity index (χ3v) is 2.76. The Kier molecular flexibility index (Phi) is 5.04. The quantitative estimate of drug-likeness (QED) is 0.647. The van der Waals surface area contributed by atoms with E-state index in [4.69, 9.17) is 11.6 Å². The zero-order chi connectivity index (χ0) is 12.8. The highest BCUT2D eigenvalue weighted by Gasteiger charge is 2.15. The van der Waals surface area contributed by atoms with Gasteiger partial charge in [0.15, 0.2) is 0 Å². The fourth-order valence-electron chi connectivity index (χ4n) is 1.46. The van der Waals surface area contributed by atoms with Crippen LogP contribution in [0.3, 0.4) is 0 Å². The van der Waals surface area contributed by atoms with Gasteiger partial charge < -0.3 is 10.0 Å². The van der Waals surface area contributed by atoms with Crippen molar-refractivity contribution >= 4 is 17.5 Å². The van der Waals surface area contributed by atoms with Gasteiger partial charge in [0.1, 0.15) is 5.75 Å². The van der Waals surface area contributed by atoms with Gasteiger partial charge in [-0.05, 0) is 31.0 Å². The third kappa shape index (κ3) is 3.79. The second kappa shape index (κ2) is 6.30. The summed E-state index contributed by atoms with van der Waals surface area (Å²) in [6, 6.07) is 4.35. The lowest BCUT2D eigenvalue weighted by Gasteiger charge is -2.17. The number of nitrogens with zero attached hydrogens (tertiary/aromatic N) is 1. The Morgan fingerprint density at radius 3 is 2.94 bits per heavy atom. The molecule has 1 rings (SSSR count). The number of rotatable bonds is 5. The van der Waals surface area contributed by atoms with Crippen LogP contribution in [0.15, 0.2) is 30.9 Å². The van der Waals surface area contributed by atoms with Crippen molar-refractivity contribution in [3.8, 4) is 5.75 Å². The minimum atomic E-state index is -0.185. The smallest absolute Gasteiger partial charge is 0.255 e. The Labute approximate surface area is 106 Å². The molecule has 0 heterocycles. The number of unbranched alkanes of at least 4 members (excludes halogenated alkanes) is 1. The van der Waals surface area contributed by atoms with Crippen LogP contribution in [0.25, 0.3) is 0 Å². The van der Waals surface area contributed by atoms with Crippen LogP contribution < -0.4 is 0 Å². The topological polar surface area (TPSA) is 40.5 Å². The van der Waals surface area contributed by atoms with Gasteiger partial charge in [-0.2, -0.15) is 0 Å². The fraction of sp³-hybridized carbons (Fsp3) is 0.308. The van der Waals surface area contributed by atoms with Gasteiger partial charge in [-0.1, -0.05) is 17.7 Å². The lowest BCUT2D eigenvalue weighted by Crippen LogP contribution is -2.27. The monoisotopic (exact) mass is 253 g/mol. The van der Waals surface area contributed by atoms with E-state index >= 15 is 0 Å². The molecule has 0 aliphatic rings. The maximum absolute atomic E-state index is 12.0. The van der Waals surface area contributed by atoms with E-state index < -0.39 is 0 Å². The Morgan fingerprint density at radius 1 is 1.59 bits per heavy atom. The van der Waals surface area contributed by atoms with Gasteiger partial charge >= 0.3 is 0 Å². The summed E-state index contributed by atoms with van der Waals surface area (Å²) < 4.78 is 0. The zero-order valence-electron chi connectivity index (χ0n) is 9.82. The molecule has 0 radical (unpaired) electrons. The minimum absolute atomic E-state index is 0.0391. The molecule has 0 unspecified atom stereocenters. The highest BCUT2D eigenvalue weighted by molar-refractivity contribution is 6.33. The molecule has 1 aromatic carbocycles. The van der Waals surface area contributed by atoms with Crippen molar-refractivity contribution in [2.75, 3.05) is 13.6 Å². The standard InChI is InChI=1S/C13H16ClNO2/c1-3-4-5-8-15(2)13(17)11-9-10(16)6-7-12(11)14/h3,6-7,9,16H,1,4-5,8H2,2H3. The number of allylic oxidation sites excluding steroid dienone is 1. The van der Waals surface area contributed by atoms with Crippen LogP contribution in [0.4, 0.5) is 0 Å². The molecule has 3 nitrogen and oxygen atoms in total. The predicted molar refractivity (Wildman–Crippen MR) is 69.5 cm³/mol. The van der Waals surface area contributed by atoms with Crippen molar-refractivity contribution in [2.24, 2.45) is 0 Å². The SMILES string of the molecule is C=CCCCN(C)C(=O)c1cc(O)ccc1Cl. The highest BCUT2D eigenvalue weighted by atomic mass is 35.5. The summed E-state index contributed by atoms with van der Waals surface area (Å²) in [6.07, 6.45) is 3.55. The Morgan fingerprint density at radius 2 is 2.29 bits per heavy atom. The van der Waals surface area contributed by atoms with Crippen molar-refractivity contribution in [3.63, 3.8) is 0 Å². The number of phenolic OH excluding ortho intramolecular Hbond substituents is 1. The molecule has 0 aliphatic heterocycles. The molecule has 4 heteroatoms. The average molecular weight is 254 g/mol. The van der Waals surface area contributed by atoms with E-state index in [1.165, 1.54) is 18.2 Å². The van der Waals surface area contributed by atoms with Gasteiger partial charge in [-0.3, -0.25) is 4.79 Å². The molecule has 0 saturated carbocycles. The first-order valence-corrected chi connectivity index (χ1v) is 5.79. The normalized spacial score (nSPS) is 10.0. The fourth-order valence-corrected chi connectivity index (χ4v) is 1.66. The molecular formula is C13H16ClNO2. The summed E-state index contributed by atoms with van der Waals surface area (Å²) in [5.41, 5.74) is 0.327. The van der Waals surface area contributed by atoms with E-state index in [2.05, 4.69) is 6.58 Å². The number of amides is 1. The summed E-state index contributed by atoms with van der Waals surface area (Å²) in [5.74, 6) is -0.146. The van der Waals surface area contributed by atoms with E-state index in [9.17, 15) is 9.90 Å². The Bertz CT molecular complexity index is 418. The van der Waals surface area contributed by atoms with E-state index in [0.717, 1.165) is 12.8 Å². The first kappa shape index (κ1) is 13.6. The summed E-state index contributed by atoms with van der Waals surface area (Å²) >= 11 is 5.92. The lowest BCUT2D eigenvalue weighted by atomic mass is 10.2. The molecule has 0 atom stereocenters. The van der Waals surface area contributed by atoms with Gasteiger partial charge in [0.05, 0.1) is 10.6 Å². The van der Waals surface area contributed by atoms with Crippen molar-refractivity contribution in [1.82, 2.24) is 4.90 Å². The van der Waals surface area contributed by atoms with Crippen molar-refractivity contribution in [1.29, 1.82) is 0 Å². The van der Waals surface area contributed by atoms with Crippen LogP contribution in [0, 0.1) is 0 Å². The number of hydrogen-bond donors (Lipinski definition) is 1. The summed E-state index contributed by atoms with van der Waals surface area (Å²) in [5, 5.41) is 9.69. The molecule has 0 aliphatic carbocycles. The van der Waals surface area contributed by atoms with Crippen LogP contribution in [-0.2, 0) is 0 Å². The van der Waals surface area contributed by atoms with Crippen LogP contribution in [0.5, 0.6) is 5.75 Å². The maximum atomic E-state index is 12.0. The van der Waals surface area contributed by atoms with Gasteiger partial charge in [0.2, 0.25) is 0 Å². The van der Waals surface area contributed by atoms with E-state index in [0.29, 0.717) is 17.1 Å². The Hall–Kier alpha value is -1.48. The van der Waals surface area contributed by atoms with Gasteiger partial charge in [0.25, 0.3) is 5.91 Å². The van der Waals surface area contributed by atoms with Crippen LogP contribution in [-0.4, -0.2) is 29.5 Å². The van der Waals surface area contributed by atoms with Crippen molar-refractivity contribution < 1.29 is 9.90 Å². The summed E-state index contributed by atoms with van der Waals surface area (Å²) in [7, 11) is 1.71. The minimum Gasteiger partial charge on any atom is -0.508 e. The number of carbonyl (C=O) groups excluding carboxylic acids is 1. The summed E-state index contributed by atoms with van der Waals surface area (Å²) in [4.78, 5) is 13.6. The van der Waals surface area contributed by atoms with Crippen LogP contribution in [0.2, 0.25) is 5.02 Å². The number of benzene rings is 1.